The van der Waals surface area contributed by atoms with Crippen molar-refractivity contribution in [2.75, 3.05) is 13.2 Å². The van der Waals surface area contributed by atoms with E-state index in [2.05, 4.69) is 36.5 Å². The van der Waals surface area contributed by atoms with E-state index in [1.807, 2.05) is 42.5 Å². The zero-order valence-electron chi connectivity index (χ0n) is 21.0. The van der Waals surface area contributed by atoms with Crippen LogP contribution in [0.5, 0.6) is 5.75 Å². The van der Waals surface area contributed by atoms with E-state index >= 15 is 0 Å². The number of ether oxygens (including phenoxy) is 2. The number of amides is 1. The van der Waals surface area contributed by atoms with Gasteiger partial charge in [0.1, 0.15) is 5.75 Å². The Kier molecular flexibility index (Phi) is 10.5. The van der Waals surface area contributed by atoms with Gasteiger partial charge in [-0.1, -0.05) is 73.7 Å². The third-order valence-corrected chi connectivity index (χ3v) is 5.97. The highest BCUT2D eigenvalue weighted by molar-refractivity contribution is 5.81. The molecule has 2 N–H and O–H groups in total. The minimum Gasteiger partial charge on any atom is -0.480 e. The molecular weight excluding hydrogens is 454 g/mol. The van der Waals surface area contributed by atoms with Crippen LogP contribution in [0.2, 0.25) is 0 Å². The van der Waals surface area contributed by atoms with Crippen LogP contribution in [-0.2, 0) is 40.0 Å². The molecule has 36 heavy (non-hydrogen) atoms. The summed E-state index contributed by atoms with van der Waals surface area (Å²) in [6.07, 6.45) is 0.852. The molecule has 0 saturated heterocycles. The molecule has 6 nitrogen and oxygen atoms in total. The summed E-state index contributed by atoms with van der Waals surface area (Å²) in [6, 6.07) is 25.4. The van der Waals surface area contributed by atoms with Gasteiger partial charge in [0.15, 0.2) is 12.2 Å². The molecule has 0 bridgehead atoms. The van der Waals surface area contributed by atoms with Crippen LogP contribution in [0.3, 0.4) is 0 Å². The van der Waals surface area contributed by atoms with Crippen molar-refractivity contribution in [1.82, 2.24) is 5.32 Å². The van der Waals surface area contributed by atoms with Gasteiger partial charge < -0.3 is 19.9 Å². The number of carboxylic acids is 1. The standard InChI is InChI=1S/C30H35NO5/c1-3-22-10-12-23(13-11-22)18-19-31-29(32)27(20-24-8-6-5-7-9-24)36-26-16-14-25(15-17-26)21-28(30(33)34)35-4-2/h5-17,27-28H,3-4,18-21H2,1-2H3,(H,31,32)(H,33,34)/t27-,28+/m1/s1. The fraction of sp³-hybridized carbons (Fsp3) is 0.333. The molecule has 0 aliphatic rings. The van der Waals surface area contributed by atoms with Crippen LogP contribution in [0.15, 0.2) is 78.9 Å². The number of carbonyl (C=O) groups excluding carboxylic acids is 1. The number of nitrogens with one attached hydrogen (secondary N) is 1. The highest BCUT2D eigenvalue weighted by atomic mass is 16.5. The van der Waals surface area contributed by atoms with Crippen molar-refractivity contribution >= 4 is 11.9 Å². The SMILES string of the molecule is CCO[C@@H](Cc1ccc(O[C@H](Cc2ccccc2)C(=O)NCCc2ccc(CC)cc2)cc1)C(=O)O. The Bertz CT molecular complexity index is 1080. The van der Waals surface area contributed by atoms with Gasteiger partial charge in [0.05, 0.1) is 0 Å². The largest absolute Gasteiger partial charge is 0.480 e. The molecule has 0 fully saturated rings. The maximum absolute atomic E-state index is 13.1. The lowest BCUT2D eigenvalue weighted by Crippen LogP contribution is -2.40. The molecule has 0 unspecified atom stereocenters. The zero-order chi connectivity index (χ0) is 25.8. The molecule has 0 spiro atoms. The van der Waals surface area contributed by atoms with Gasteiger partial charge in [-0.25, -0.2) is 4.79 Å². The Labute approximate surface area is 213 Å². The van der Waals surface area contributed by atoms with Crippen LogP contribution in [0.4, 0.5) is 0 Å². The fourth-order valence-electron chi connectivity index (χ4n) is 3.90. The maximum Gasteiger partial charge on any atom is 0.333 e. The van der Waals surface area contributed by atoms with E-state index in [9.17, 15) is 14.7 Å². The number of rotatable bonds is 14. The lowest BCUT2D eigenvalue weighted by atomic mass is 10.1. The summed E-state index contributed by atoms with van der Waals surface area (Å²) in [4.78, 5) is 24.5. The molecular formula is C30H35NO5. The average molecular weight is 490 g/mol. The van der Waals surface area contributed by atoms with E-state index in [1.165, 1.54) is 11.1 Å². The van der Waals surface area contributed by atoms with Gasteiger partial charge in [-0.15, -0.1) is 0 Å². The smallest absolute Gasteiger partial charge is 0.333 e. The Morgan fingerprint density at radius 3 is 1.97 bits per heavy atom. The van der Waals surface area contributed by atoms with Crippen LogP contribution in [0, 0.1) is 0 Å². The molecule has 2 atom stereocenters. The van der Waals surface area contributed by atoms with Gasteiger partial charge in [0.2, 0.25) is 0 Å². The molecule has 3 aromatic carbocycles. The van der Waals surface area contributed by atoms with Crippen molar-refractivity contribution in [3.63, 3.8) is 0 Å². The third-order valence-electron chi connectivity index (χ3n) is 5.97. The van der Waals surface area contributed by atoms with Crippen molar-refractivity contribution < 1.29 is 24.2 Å². The number of carboxylic acid groups (broad SMARTS) is 1. The highest BCUT2D eigenvalue weighted by Gasteiger charge is 2.22. The Morgan fingerprint density at radius 1 is 0.778 bits per heavy atom. The summed E-state index contributed by atoms with van der Waals surface area (Å²) in [5.41, 5.74) is 4.30. The molecule has 0 aromatic heterocycles. The van der Waals surface area contributed by atoms with Gasteiger partial charge >= 0.3 is 5.97 Å². The molecule has 0 saturated carbocycles. The minimum atomic E-state index is -0.988. The first-order valence-corrected chi connectivity index (χ1v) is 12.5. The van der Waals surface area contributed by atoms with Gasteiger partial charge in [-0.2, -0.15) is 0 Å². The van der Waals surface area contributed by atoms with Crippen molar-refractivity contribution in [3.05, 3.63) is 101 Å². The summed E-state index contributed by atoms with van der Waals surface area (Å²) in [5.74, 6) is -0.609. The first-order chi connectivity index (χ1) is 17.5. The topological polar surface area (TPSA) is 84.9 Å². The van der Waals surface area contributed by atoms with Gasteiger partial charge in [-0.3, -0.25) is 4.79 Å². The third kappa shape index (κ3) is 8.54. The van der Waals surface area contributed by atoms with Crippen LogP contribution < -0.4 is 10.1 Å². The first-order valence-electron chi connectivity index (χ1n) is 12.5. The minimum absolute atomic E-state index is 0.171. The molecule has 1 amide bonds. The summed E-state index contributed by atoms with van der Waals surface area (Å²) in [7, 11) is 0. The average Bonchev–Trinajstić information content (AvgIpc) is 2.90. The van der Waals surface area contributed by atoms with Gasteiger partial charge in [0.25, 0.3) is 5.91 Å². The molecule has 0 heterocycles. The van der Waals surface area contributed by atoms with Crippen LogP contribution >= 0.6 is 0 Å². The second-order valence-electron chi connectivity index (χ2n) is 8.64. The molecule has 190 valence electrons. The zero-order valence-corrected chi connectivity index (χ0v) is 21.0. The molecule has 3 aromatic rings. The number of hydrogen-bond donors (Lipinski definition) is 2. The van der Waals surface area contributed by atoms with Crippen molar-refractivity contribution in [2.24, 2.45) is 0 Å². The van der Waals surface area contributed by atoms with Crippen molar-refractivity contribution in [3.8, 4) is 5.75 Å². The quantitative estimate of drug-likeness (QED) is 0.345. The number of aryl methyl sites for hydroxylation is 1. The second-order valence-corrected chi connectivity index (χ2v) is 8.64. The van der Waals surface area contributed by atoms with E-state index in [-0.39, 0.29) is 12.3 Å². The normalized spacial score (nSPS) is 12.5. The summed E-state index contributed by atoms with van der Waals surface area (Å²) >= 11 is 0. The summed E-state index contributed by atoms with van der Waals surface area (Å²) in [6.45, 7) is 4.75. The van der Waals surface area contributed by atoms with E-state index in [0.29, 0.717) is 25.3 Å². The van der Waals surface area contributed by atoms with Gasteiger partial charge in [-0.05, 0) is 54.2 Å². The predicted molar refractivity (Wildman–Crippen MR) is 140 cm³/mol. The van der Waals surface area contributed by atoms with Crippen LogP contribution in [0.25, 0.3) is 0 Å². The molecule has 3 rings (SSSR count). The van der Waals surface area contributed by atoms with E-state index in [4.69, 9.17) is 9.47 Å². The molecule has 0 aliphatic heterocycles. The van der Waals surface area contributed by atoms with Crippen LogP contribution in [-0.4, -0.2) is 42.3 Å². The molecule has 0 radical (unpaired) electrons. The predicted octanol–water partition coefficient (Wildman–Crippen LogP) is 4.63. The number of carbonyl (C=O) groups is 2. The number of benzene rings is 3. The molecule has 6 heteroatoms. The highest BCUT2D eigenvalue weighted by Crippen LogP contribution is 2.18. The maximum atomic E-state index is 13.1. The van der Waals surface area contributed by atoms with Gasteiger partial charge in [0, 0.05) is 26.0 Å². The Hall–Kier alpha value is -3.64. The monoisotopic (exact) mass is 489 g/mol. The van der Waals surface area contributed by atoms with Crippen molar-refractivity contribution in [1.29, 1.82) is 0 Å². The Morgan fingerprint density at radius 2 is 1.36 bits per heavy atom. The first kappa shape index (κ1) is 27.0. The van der Waals surface area contributed by atoms with E-state index in [0.717, 1.165) is 24.0 Å². The molecule has 0 aliphatic carbocycles. The number of hydrogen-bond acceptors (Lipinski definition) is 4. The van der Waals surface area contributed by atoms with Crippen LogP contribution in [0.1, 0.15) is 36.1 Å². The fourth-order valence-corrected chi connectivity index (χ4v) is 3.90. The summed E-state index contributed by atoms with van der Waals surface area (Å²) in [5, 5.41) is 12.3. The lowest BCUT2D eigenvalue weighted by molar-refractivity contribution is -0.150. The lowest BCUT2D eigenvalue weighted by Gasteiger charge is -2.20. The van der Waals surface area contributed by atoms with E-state index < -0.39 is 18.2 Å². The summed E-state index contributed by atoms with van der Waals surface area (Å²) < 4.78 is 11.4. The second kappa shape index (κ2) is 14.0. The van der Waals surface area contributed by atoms with Crippen molar-refractivity contribution in [2.45, 2.75) is 51.7 Å². The van der Waals surface area contributed by atoms with E-state index in [1.54, 1.807) is 19.1 Å². The number of aliphatic carboxylic acids is 1. The Balaban J connectivity index is 1.63.